The van der Waals surface area contributed by atoms with Gasteiger partial charge in [0.2, 0.25) is 5.76 Å². The number of nitrogens with zero attached hydrogens (tertiary/aromatic N) is 2. The first-order valence-electron chi connectivity index (χ1n) is 11.7. The fourth-order valence-corrected chi connectivity index (χ4v) is 4.78. The molecule has 1 aliphatic heterocycles. The zero-order valence-electron chi connectivity index (χ0n) is 19.6. The molecule has 0 spiro atoms. The fourth-order valence-electron chi connectivity index (χ4n) is 4.42. The summed E-state index contributed by atoms with van der Waals surface area (Å²) in [5, 5.41) is 0.418. The third kappa shape index (κ3) is 4.36. The fraction of sp³-hybridized carbons (Fsp3) is 0.250. The maximum atomic E-state index is 13.8. The highest BCUT2D eigenvalue weighted by Crippen LogP contribution is 2.41. The van der Waals surface area contributed by atoms with Gasteiger partial charge in [0.25, 0.3) is 5.91 Å². The maximum absolute atomic E-state index is 13.8. The molecular weight excluding hydrogens is 508 g/mol. The molecule has 0 bridgehead atoms. The van der Waals surface area contributed by atoms with E-state index in [4.69, 9.17) is 9.15 Å². The Hall–Kier alpha value is -3.45. The van der Waals surface area contributed by atoms with Crippen molar-refractivity contribution in [2.45, 2.75) is 39.2 Å². The van der Waals surface area contributed by atoms with Crippen molar-refractivity contribution >= 4 is 38.6 Å². The van der Waals surface area contributed by atoms with Gasteiger partial charge in [0.1, 0.15) is 17.2 Å². The molecule has 4 aromatic rings. The lowest BCUT2D eigenvalue weighted by molar-refractivity contribution is 0.0970. The van der Waals surface area contributed by atoms with Crippen LogP contribution in [0.3, 0.4) is 0 Å². The summed E-state index contributed by atoms with van der Waals surface area (Å²) >= 11 is 3.43. The highest BCUT2D eigenvalue weighted by molar-refractivity contribution is 9.10. The molecule has 1 amide bonds. The summed E-state index contributed by atoms with van der Waals surface area (Å²) in [5.74, 6) is 0.809. The quantitative estimate of drug-likeness (QED) is 0.251. The predicted molar refractivity (Wildman–Crippen MR) is 139 cm³/mol. The largest absolute Gasteiger partial charge is 0.494 e. The van der Waals surface area contributed by atoms with E-state index in [0.29, 0.717) is 34.7 Å². The van der Waals surface area contributed by atoms with Crippen molar-refractivity contribution in [3.8, 4) is 5.75 Å². The van der Waals surface area contributed by atoms with Gasteiger partial charge in [0, 0.05) is 10.7 Å². The zero-order chi connectivity index (χ0) is 24.5. The second kappa shape index (κ2) is 9.66. The number of carbonyl (C=O) groups excluding carboxylic acids is 1. The SMILES string of the molecule is CCCCCOc1cccc(C2c3c(oc4ccc(Br)cc4c3=O)C(=O)N2c2ccc(C)cn2)c1. The van der Waals surface area contributed by atoms with Gasteiger partial charge in [-0.05, 0) is 60.9 Å². The first-order valence-corrected chi connectivity index (χ1v) is 12.5. The Bertz CT molecular complexity index is 1460. The molecule has 5 rings (SSSR count). The minimum atomic E-state index is -0.688. The van der Waals surface area contributed by atoms with Gasteiger partial charge in [-0.3, -0.25) is 14.5 Å². The van der Waals surface area contributed by atoms with Crippen LogP contribution in [0.5, 0.6) is 5.75 Å². The summed E-state index contributed by atoms with van der Waals surface area (Å²) in [6, 6.07) is 15.8. The predicted octanol–water partition coefficient (Wildman–Crippen LogP) is 6.58. The number of pyridine rings is 1. The molecule has 0 radical (unpaired) electrons. The summed E-state index contributed by atoms with van der Waals surface area (Å²) in [5.41, 5.74) is 2.18. The molecule has 0 N–H and O–H groups in total. The Labute approximate surface area is 211 Å². The number of fused-ring (bicyclic) bond motifs is 2. The van der Waals surface area contributed by atoms with Crippen LogP contribution in [0.1, 0.15) is 59.5 Å². The van der Waals surface area contributed by atoms with Gasteiger partial charge in [0.05, 0.1) is 23.6 Å². The number of benzene rings is 2. The second-order valence-electron chi connectivity index (χ2n) is 8.71. The van der Waals surface area contributed by atoms with Crippen LogP contribution in [-0.2, 0) is 0 Å². The molecule has 2 aromatic heterocycles. The van der Waals surface area contributed by atoms with Crippen LogP contribution in [0.15, 0.2) is 74.5 Å². The summed E-state index contributed by atoms with van der Waals surface area (Å²) in [7, 11) is 0. The van der Waals surface area contributed by atoms with E-state index in [1.165, 1.54) is 0 Å². The number of hydrogen-bond acceptors (Lipinski definition) is 5. The average molecular weight is 533 g/mol. The van der Waals surface area contributed by atoms with Gasteiger partial charge < -0.3 is 9.15 Å². The molecule has 1 unspecified atom stereocenters. The Morgan fingerprint density at radius 1 is 1.09 bits per heavy atom. The number of anilines is 1. The highest BCUT2D eigenvalue weighted by Gasteiger charge is 2.44. The number of ether oxygens (including phenoxy) is 1. The molecule has 1 aliphatic rings. The Morgan fingerprint density at radius 3 is 2.71 bits per heavy atom. The lowest BCUT2D eigenvalue weighted by atomic mass is 9.98. The third-order valence-corrected chi connectivity index (χ3v) is 6.66. The number of unbranched alkanes of at least 4 members (excludes halogenated alkanes) is 2. The maximum Gasteiger partial charge on any atom is 0.296 e. The summed E-state index contributed by atoms with van der Waals surface area (Å²) < 4.78 is 12.8. The molecule has 178 valence electrons. The van der Waals surface area contributed by atoms with E-state index in [1.807, 2.05) is 37.3 Å². The number of rotatable bonds is 7. The van der Waals surface area contributed by atoms with Crippen molar-refractivity contribution < 1.29 is 13.9 Å². The number of amides is 1. The van der Waals surface area contributed by atoms with Gasteiger partial charge in [0.15, 0.2) is 5.43 Å². The molecule has 0 saturated carbocycles. The van der Waals surface area contributed by atoms with E-state index in [0.717, 1.165) is 34.9 Å². The number of aromatic nitrogens is 1. The number of hydrogen-bond donors (Lipinski definition) is 0. The van der Waals surface area contributed by atoms with Gasteiger partial charge in [-0.15, -0.1) is 0 Å². The lowest BCUT2D eigenvalue weighted by Crippen LogP contribution is -2.30. The van der Waals surface area contributed by atoms with Crippen LogP contribution in [-0.4, -0.2) is 17.5 Å². The standard InChI is InChI=1S/C28H25BrN2O4/c1-3-4-5-13-34-20-8-6-7-18(14-20)25-24-26(32)21-15-19(29)10-11-22(21)35-27(24)28(33)31(25)23-12-9-17(2)16-30-23/h6-12,14-16,25H,3-5,13H2,1-2H3. The molecule has 7 heteroatoms. The highest BCUT2D eigenvalue weighted by atomic mass is 79.9. The van der Waals surface area contributed by atoms with E-state index in [2.05, 4.69) is 27.8 Å². The van der Waals surface area contributed by atoms with Crippen LogP contribution >= 0.6 is 15.9 Å². The molecule has 0 saturated heterocycles. The molecular formula is C28H25BrN2O4. The monoisotopic (exact) mass is 532 g/mol. The van der Waals surface area contributed by atoms with Crippen molar-refractivity contribution in [3.63, 3.8) is 0 Å². The van der Waals surface area contributed by atoms with Crippen molar-refractivity contribution in [2.75, 3.05) is 11.5 Å². The first kappa shape index (κ1) is 23.3. The van der Waals surface area contributed by atoms with Gasteiger partial charge >= 0.3 is 0 Å². The van der Waals surface area contributed by atoms with Crippen LogP contribution in [0.2, 0.25) is 0 Å². The van der Waals surface area contributed by atoms with E-state index in [9.17, 15) is 9.59 Å². The number of halogens is 1. The van der Waals surface area contributed by atoms with Crippen LogP contribution in [0.4, 0.5) is 5.82 Å². The van der Waals surface area contributed by atoms with Crippen molar-refractivity contribution in [3.05, 3.63) is 97.9 Å². The zero-order valence-corrected chi connectivity index (χ0v) is 21.2. The van der Waals surface area contributed by atoms with Crippen LogP contribution < -0.4 is 15.1 Å². The summed E-state index contributed by atoms with van der Waals surface area (Å²) in [6.45, 7) is 4.70. The van der Waals surface area contributed by atoms with Crippen LogP contribution in [0, 0.1) is 6.92 Å². The van der Waals surface area contributed by atoms with Crippen LogP contribution in [0.25, 0.3) is 11.0 Å². The van der Waals surface area contributed by atoms with E-state index in [1.54, 1.807) is 35.4 Å². The van der Waals surface area contributed by atoms with Crippen molar-refractivity contribution in [1.82, 2.24) is 4.98 Å². The van der Waals surface area contributed by atoms with E-state index >= 15 is 0 Å². The number of carbonyl (C=O) groups is 1. The molecule has 1 atom stereocenters. The Morgan fingerprint density at radius 2 is 1.94 bits per heavy atom. The average Bonchev–Trinajstić information content (AvgIpc) is 3.15. The second-order valence-corrected chi connectivity index (χ2v) is 9.63. The van der Waals surface area contributed by atoms with Gasteiger partial charge in [-0.2, -0.15) is 0 Å². The molecule has 0 fully saturated rings. The molecule has 35 heavy (non-hydrogen) atoms. The summed E-state index contributed by atoms with van der Waals surface area (Å²) in [4.78, 5) is 33.5. The molecule has 0 aliphatic carbocycles. The molecule has 6 nitrogen and oxygen atoms in total. The van der Waals surface area contributed by atoms with E-state index in [-0.39, 0.29) is 11.2 Å². The number of aryl methyl sites for hydroxylation is 1. The Kier molecular flexibility index (Phi) is 6.43. The minimum absolute atomic E-state index is 0.0477. The first-order chi connectivity index (χ1) is 17.0. The van der Waals surface area contributed by atoms with Gasteiger partial charge in [-0.1, -0.05) is 53.9 Å². The van der Waals surface area contributed by atoms with E-state index < -0.39 is 11.9 Å². The normalized spacial score (nSPS) is 15.0. The minimum Gasteiger partial charge on any atom is -0.494 e. The Balaban J connectivity index is 1.67. The van der Waals surface area contributed by atoms with Gasteiger partial charge in [-0.25, -0.2) is 4.98 Å². The molecule has 3 heterocycles. The smallest absolute Gasteiger partial charge is 0.296 e. The third-order valence-electron chi connectivity index (χ3n) is 6.17. The van der Waals surface area contributed by atoms with Crippen molar-refractivity contribution in [2.24, 2.45) is 0 Å². The van der Waals surface area contributed by atoms with Crippen molar-refractivity contribution in [1.29, 1.82) is 0 Å². The lowest BCUT2D eigenvalue weighted by Gasteiger charge is -2.24. The molecule has 2 aromatic carbocycles. The summed E-state index contributed by atoms with van der Waals surface area (Å²) in [6.07, 6.45) is 4.89. The topological polar surface area (TPSA) is 72.6 Å².